The van der Waals surface area contributed by atoms with Crippen molar-refractivity contribution in [1.82, 2.24) is 4.90 Å². The zero-order chi connectivity index (χ0) is 12.8. The molecule has 4 heteroatoms. The van der Waals surface area contributed by atoms with Crippen LogP contribution in [0.25, 0.3) is 0 Å². The first kappa shape index (κ1) is 13.6. The van der Waals surface area contributed by atoms with E-state index in [9.17, 15) is 9.18 Å². The molecule has 1 unspecified atom stereocenters. The first-order valence-corrected chi connectivity index (χ1v) is 5.65. The number of carbonyl (C=O) groups excluding carboxylic acids is 1. The summed E-state index contributed by atoms with van der Waals surface area (Å²) in [5, 5.41) is 8.73. The summed E-state index contributed by atoms with van der Waals surface area (Å²) in [6.45, 7) is 2.07. The predicted octanol–water partition coefficient (Wildman–Crippen LogP) is 1.77. The minimum Gasteiger partial charge on any atom is -0.395 e. The third-order valence-electron chi connectivity index (χ3n) is 2.78. The van der Waals surface area contributed by atoms with Gasteiger partial charge in [0.25, 0.3) is 0 Å². The summed E-state index contributed by atoms with van der Waals surface area (Å²) in [5.74, 6) is -0.530. The largest absolute Gasteiger partial charge is 0.395 e. The average molecular weight is 239 g/mol. The number of hydrogen-bond acceptors (Lipinski definition) is 2. The fourth-order valence-electron chi connectivity index (χ4n) is 1.68. The Morgan fingerprint density at radius 3 is 2.71 bits per heavy atom. The van der Waals surface area contributed by atoms with Crippen molar-refractivity contribution in [2.24, 2.45) is 0 Å². The van der Waals surface area contributed by atoms with Crippen LogP contribution in [0.2, 0.25) is 0 Å². The maximum absolute atomic E-state index is 13.5. The molecule has 1 aromatic carbocycles. The highest BCUT2D eigenvalue weighted by Gasteiger charge is 2.16. The molecule has 3 nitrogen and oxygen atoms in total. The highest BCUT2D eigenvalue weighted by Crippen LogP contribution is 2.22. The second-order valence-corrected chi connectivity index (χ2v) is 4.17. The number of nitrogens with zero attached hydrogens (tertiary/aromatic N) is 1. The summed E-state index contributed by atoms with van der Waals surface area (Å²) < 4.78 is 13.5. The van der Waals surface area contributed by atoms with Crippen molar-refractivity contribution in [2.45, 2.75) is 19.3 Å². The van der Waals surface area contributed by atoms with Crippen molar-refractivity contribution in [3.8, 4) is 0 Å². The first-order valence-electron chi connectivity index (χ1n) is 5.65. The molecule has 0 radical (unpaired) electrons. The van der Waals surface area contributed by atoms with Crippen molar-refractivity contribution in [3.05, 3.63) is 35.6 Å². The third-order valence-corrected chi connectivity index (χ3v) is 2.78. The minimum absolute atomic E-state index is 0.0592. The summed E-state index contributed by atoms with van der Waals surface area (Å²) in [5.41, 5.74) is 0.554. The van der Waals surface area contributed by atoms with Crippen LogP contribution in [-0.2, 0) is 4.79 Å². The van der Waals surface area contributed by atoms with Crippen molar-refractivity contribution in [3.63, 3.8) is 0 Å². The molecule has 1 atom stereocenters. The van der Waals surface area contributed by atoms with Crippen molar-refractivity contribution >= 4 is 5.91 Å². The van der Waals surface area contributed by atoms with Gasteiger partial charge in [-0.2, -0.15) is 0 Å². The van der Waals surface area contributed by atoms with Gasteiger partial charge in [0.1, 0.15) is 5.82 Å². The fraction of sp³-hybridized carbons (Fsp3) is 0.462. The Hall–Kier alpha value is -1.42. The summed E-state index contributed by atoms with van der Waals surface area (Å²) in [6, 6.07) is 6.48. The lowest BCUT2D eigenvalue weighted by atomic mass is 9.97. The molecule has 1 amide bonds. The number of hydrogen-bond donors (Lipinski definition) is 1. The van der Waals surface area contributed by atoms with Crippen LogP contribution in [0.15, 0.2) is 24.3 Å². The van der Waals surface area contributed by atoms with Gasteiger partial charge in [-0.3, -0.25) is 4.79 Å². The molecule has 1 aromatic rings. The van der Waals surface area contributed by atoms with Crippen LogP contribution in [0, 0.1) is 5.82 Å². The zero-order valence-corrected chi connectivity index (χ0v) is 10.2. The molecule has 0 aliphatic carbocycles. The smallest absolute Gasteiger partial charge is 0.222 e. The molecule has 1 rings (SSSR count). The SMILES string of the molecule is CC(CC(=O)N(C)CCO)c1ccccc1F. The Morgan fingerprint density at radius 1 is 1.47 bits per heavy atom. The summed E-state index contributed by atoms with van der Waals surface area (Å²) in [4.78, 5) is 13.2. The molecule has 0 saturated carbocycles. The van der Waals surface area contributed by atoms with Crippen LogP contribution in [0.3, 0.4) is 0 Å². The maximum atomic E-state index is 13.5. The summed E-state index contributed by atoms with van der Waals surface area (Å²) in [6.07, 6.45) is 0.247. The fourth-order valence-corrected chi connectivity index (χ4v) is 1.68. The molecule has 94 valence electrons. The van der Waals surface area contributed by atoms with E-state index in [1.165, 1.54) is 11.0 Å². The molecule has 17 heavy (non-hydrogen) atoms. The van der Waals surface area contributed by atoms with E-state index in [-0.39, 0.29) is 30.7 Å². The quantitative estimate of drug-likeness (QED) is 0.850. The van der Waals surface area contributed by atoms with Crippen molar-refractivity contribution in [1.29, 1.82) is 0 Å². The Morgan fingerprint density at radius 2 is 2.12 bits per heavy atom. The molecule has 0 aliphatic heterocycles. The molecule has 0 heterocycles. The molecule has 0 spiro atoms. The predicted molar refractivity (Wildman–Crippen MR) is 64.2 cm³/mol. The van der Waals surface area contributed by atoms with Crippen molar-refractivity contribution in [2.75, 3.05) is 20.2 Å². The second-order valence-electron chi connectivity index (χ2n) is 4.17. The average Bonchev–Trinajstić information content (AvgIpc) is 2.29. The maximum Gasteiger partial charge on any atom is 0.222 e. The zero-order valence-electron chi connectivity index (χ0n) is 10.2. The van der Waals surface area contributed by atoms with Gasteiger partial charge in [-0.15, -0.1) is 0 Å². The number of halogens is 1. The van der Waals surface area contributed by atoms with Crippen molar-refractivity contribution < 1.29 is 14.3 Å². The number of benzene rings is 1. The van der Waals surface area contributed by atoms with Gasteiger partial charge in [0.05, 0.1) is 6.61 Å². The van der Waals surface area contributed by atoms with Gasteiger partial charge >= 0.3 is 0 Å². The number of carbonyl (C=O) groups is 1. The monoisotopic (exact) mass is 239 g/mol. The molecule has 0 fully saturated rings. The van der Waals surface area contributed by atoms with Crippen LogP contribution in [0.1, 0.15) is 24.8 Å². The lowest BCUT2D eigenvalue weighted by Crippen LogP contribution is -2.30. The summed E-state index contributed by atoms with van der Waals surface area (Å²) in [7, 11) is 1.63. The van der Waals surface area contributed by atoms with E-state index < -0.39 is 0 Å². The first-order chi connectivity index (χ1) is 8.06. The molecule has 0 aromatic heterocycles. The van der Waals surface area contributed by atoms with E-state index >= 15 is 0 Å². The Balaban J connectivity index is 2.63. The normalized spacial score (nSPS) is 12.2. The van der Waals surface area contributed by atoms with E-state index in [0.29, 0.717) is 12.1 Å². The van der Waals surface area contributed by atoms with E-state index in [2.05, 4.69) is 0 Å². The van der Waals surface area contributed by atoms with Gasteiger partial charge in [-0.1, -0.05) is 25.1 Å². The molecule has 0 aliphatic rings. The van der Waals surface area contributed by atoms with E-state index in [4.69, 9.17) is 5.11 Å². The molecule has 0 saturated heterocycles. The number of likely N-dealkylation sites (N-methyl/N-ethyl adjacent to an activating group) is 1. The van der Waals surface area contributed by atoms with Gasteiger partial charge in [-0.25, -0.2) is 4.39 Å². The van der Waals surface area contributed by atoms with E-state index in [1.807, 2.05) is 6.92 Å². The topological polar surface area (TPSA) is 40.5 Å². The minimum atomic E-state index is -0.280. The molecular formula is C13H18FNO2. The van der Waals surface area contributed by atoms with Gasteiger partial charge in [-0.05, 0) is 17.5 Å². The third kappa shape index (κ3) is 3.82. The van der Waals surface area contributed by atoms with Gasteiger partial charge in [0, 0.05) is 20.0 Å². The van der Waals surface area contributed by atoms with Crippen LogP contribution in [-0.4, -0.2) is 36.1 Å². The molecule has 1 N–H and O–H groups in total. The van der Waals surface area contributed by atoms with Crippen LogP contribution in [0.5, 0.6) is 0 Å². The molecule has 0 bridgehead atoms. The highest BCUT2D eigenvalue weighted by atomic mass is 19.1. The lowest BCUT2D eigenvalue weighted by molar-refractivity contribution is -0.130. The Labute approximate surface area is 101 Å². The Bertz CT molecular complexity index is 381. The molecular weight excluding hydrogens is 221 g/mol. The number of aliphatic hydroxyl groups excluding tert-OH is 1. The second kappa shape index (κ2) is 6.35. The van der Waals surface area contributed by atoms with E-state index in [1.54, 1.807) is 25.2 Å². The van der Waals surface area contributed by atoms with Gasteiger partial charge in [0.15, 0.2) is 0 Å². The van der Waals surface area contributed by atoms with E-state index in [0.717, 1.165) is 0 Å². The van der Waals surface area contributed by atoms with Crippen LogP contribution >= 0.6 is 0 Å². The van der Waals surface area contributed by atoms with Crippen LogP contribution in [0.4, 0.5) is 4.39 Å². The van der Waals surface area contributed by atoms with Gasteiger partial charge in [0.2, 0.25) is 5.91 Å². The standard InChI is InChI=1S/C13H18FNO2/c1-10(9-13(17)15(2)7-8-16)11-5-3-4-6-12(11)14/h3-6,10,16H,7-9H2,1-2H3. The lowest BCUT2D eigenvalue weighted by Gasteiger charge is -2.19. The Kier molecular flexibility index (Phi) is 5.10. The number of rotatable bonds is 5. The number of aliphatic hydroxyl groups is 1. The van der Waals surface area contributed by atoms with Crippen LogP contribution < -0.4 is 0 Å². The van der Waals surface area contributed by atoms with Gasteiger partial charge < -0.3 is 10.0 Å². The number of amides is 1. The highest BCUT2D eigenvalue weighted by molar-refractivity contribution is 5.76. The summed E-state index contributed by atoms with van der Waals surface area (Å²) >= 11 is 0.